The van der Waals surface area contributed by atoms with Crippen molar-refractivity contribution >= 4 is 23.5 Å². The van der Waals surface area contributed by atoms with Crippen LogP contribution >= 0.6 is 11.8 Å². The summed E-state index contributed by atoms with van der Waals surface area (Å²) >= 11 is 2.18. The zero-order chi connectivity index (χ0) is 33.2. The molecule has 6 aliphatic rings. The average Bonchev–Trinajstić information content (AvgIpc) is 3.82. The molecule has 0 bridgehead atoms. The zero-order valence-electron chi connectivity index (χ0n) is 29.6. The molecule has 2 aromatic rings. The van der Waals surface area contributed by atoms with E-state index in [-0.39, 0.29) is 44.9 Å². The van der Waals surface area contributed by atoms with Crippen molar-refractivity contribution in [3.05, 3.63) is 83.4 Å². The van der Waals surface area contributed by atoms with Crippen molar-refractivity contribution in [2.45, 2.75) is 116 Å². The van der Waals surface area contributed by atoms with E-state index in [0.29, 0.717) is 11.7 Å². The van der Waals surface area contributed by atoms with Gasteiger partial charge in [-0.3, -0.25) is 9.59 Å². The molecule has 1 heterocycles. The highest BCUT2D eigenvalue weighted by molar-refractivity contribution is 8.07. The summed E-state index contributed by atoms with van der Waals surface area (Å²) in [6.45, 7) is 17.1. The summed E-state index contributed by atoms with van der Waals surface area (Å²) in [6, 6.07) is 20.3. The number of esters is 1. The van der Waals surface area contributed by atoms with Gasteiger partial charge in [0.15, 0.2) is 11.9 Å². The lowest BCUT2D eigenvalue weighted by Crippen LogP contribution is -2.66. The van der Waals surface area contributed by atoms with Crippen LogP contribution in [-0.2, 0) is 14.3 Å². The topological polar surface area (TPSA) is 43.4 Å². The van der Waals surface area contributed by atoms with Crippen LogP contribution in [0.25, 0.3) is 0 Å². The molecular weight excluding hydrogens is 597 g/mol. The maximum atomic E-state index is 14.8. The van der Waals surface area contributed by atoms with Crippen molar-refractivity contribution in [2.75, 3.05) is 0 Å². The fourth-order valence-corrected chi connectivity index (χ4v) is 14.4. The summed E-state index contributed by atoms with van der Waals surface area (Å²) in [7, 11) is 0. The molecule has 1 aliphatic heterocycles. The number of hydrogen-bond acceptors (Lipinski definition) is 4. The molecule has 5 fully saturated rings. The predicted molar refractivity (Wildman–Crippen MR) is 191 cm³/mol. The molecule has 10 atom stereocenters. The van der Waals surface area contributed by atoms with Crippen LogP contribution in [0.5, 0.6) is 0 Å². The number of carbonyl (C=O) groups is 2. The number of carbonyl (C=O) groups excluding carboxylic acids is 2. The Kier molecular flexibility index (Phi) is 7.02. The zero-order valence-corrected chi connectivity index (χ0v) is 30.4. The lowest BCUT2D eigenvalue weighted by Gasteiger charge is -2.70. The lowest BCUT2D eigenvalue weighted by molar-refractivity contribution is -0.183. The SMILES string of the molecule is CC1(C)[C@H]2S[C@H]2C[C@]2(C)[C@H]3C(=O)C=C4[C@@H]5C[C@](C)(C(=O)OC(c6ccccc6)c6ccccc6)CC[C@]5(C)CC[C@@]4(C)[C@]3(C)CC[C@@H]12. The van der Waals surface area contributed by atoms with E-state index in [2.05, 4.69) is 90.6 Å². The van der Waals surface area contributed by atoms with Gasteiger partial charge in [-0.15, -0.1) is 0 Å². The Balaban J connectivity index is 1.13. The van der Waals surface area contributed by atoms with Crippen LogP contribution in [0.3, 0.4) is 0 Å². The Morgan fingerprint density at radius 1 is 0.809 bits per heavy atom. The number of benzene rings is 2. The summed E-state index contributed by atoms with van der Waals surface area (Å²) in [6.07, 6.45) is 10.1. The van der Waals surface area contributed by atoms with Gasteiger partial charge in [-0.1, -0.05) is 108 Å². The third-order valence-electron chi connectivity index (χ3n) is 15.6. The first-order valence-electron chi connectivity index (χ1n) is 18.4. The lowest BCUT2D eigenvalue weighted by atomic mass is 9.33. The van der Waals surface area contributed by atoms with E-state index < -0.39 is 11.5 Å². The fraction of sp³-hybridized carbons (Fsp3) is 0.628. The van der Waals surface area contributed by atoms with Crippen LogP contribution in [0.2, 0.25) is 0 Å². The van der Waals surface area contributed by atoms with Gasteiger partial charge in [-0.2, -0.15) is 11.8 Å². The number of thioether (sulfide) groups is 1. The summed E-state index contributed by atoms with van der Waals surface area (Å²) in [4.78, 5) is 29.2. The first-order chi connectivity index (χ1) is 22.2. The molecule has 0 unspecified atom stereocenters. The van der Waals surface area contributed by atoms with Crippen LogP contribution in [-0.4, -0.2) is 22.3 Å². The van der Waals surface area contributed by atoms with Crippen molar-refractivity contribution in [3.63, 3.8) is 0 Å². The van der Waals surface area contributed by atoms with Crippen molar-refractivity contribution in [2.24, 2.45) is 50.2 Å². The van der Waals surface area contributed by atoms with Gasteiger partial charge in [0.25, 0.3) is 0 Å². The van der Waals surface area contributed by atoms with Crippen molar-refractivity contribution in [1.29, 1.82) is 0 Å². The molecule has 1 saturated heterocycles. The molecule has 0 amide bonds. The van der Waals surface area contributed by atoms with Gasteiger partial charge in [0.1, 0.15) is 0 Å². The summed E-state index contributed by atoms with van der Waals surface area (Å²) in [5, 5.41) is 1.48. The third kappa shape index (κ3) is 4.44. The maximum Gasteiger partial charge on any atom is 0.312 e. The molecule has 0 aromatic heterocycles. The van der Waals surface area contributed by atoms with Gasteiger partial charge >= 0.3 is 5.97 Å². The van der Waals surface area contributed by atoms with Gasteiger partial charge in [0.05, 0.1) is 5.41 Å². The van der Waals surface area contributed by atoms with Gasteiger partial charge in [0.2, 0.25) is 0 Å². The van der Waals surface area contributed by atoms with E-state index in [0.717, 1.165) is 60.2 Å². The second kappa shape index (κ2) is 10.3. The molecular formula is C43H54O3S. The Bertz CT molecular complexity index is 1590. The summed E-state index contributed by atoms with van der Waals surface area (Å²) in [5.41, 5.74) is 3.05. The van der Waals surface area contributed by atoms with Gasteiger partial charge < -0.3 is 4.74 Å². The van der Waals surface area contributed by atoms with E-state index >= 15 is 0 Å². The first-order valence-corrected chi connectivity index (χ1v) is 19.3. The van der Waals surface area contributed by atoms with E-state index in [1.807, 2.05) is 36.4 Å². The largest absolute Gasteiger partial charge is 0.452 e. The van der Waals surface area contributed by atoms with E-state index in [4.69, 9.17) is 4.74 Å². The van der Waals surface area contributed by atoms with Crippen LogP contribution < -0.4 is 0 Å². The highest BCUT2D eigenvalue weighted by Crippen LogP contribution is 2.78. The van der Waals surface area contributed by atoms with E-state index in [1.165, 1.54) is 18.4 Å². The van der Waals surface area contributed by atoms with Crippen LogP contribution in [0.1, 0.15) is 117 Å². The summed E-state index contributed by atoms with van der Waals surface area (Å²) in [5.74, 6) is 1.16. The molecule has 4 saturated carbocycles. The second-order valence-corrected chi connectivity index (χ2v) is 19.9. The van der Waals surface area contributed by atoms with Gasteiger partial charge in [-0.25, -0.2) is 0 Å². The molecule has 0 N–H and O–H groups in total. The molecule has 5 aliphatic carbocycles. The van der Waals surface area contributed by atoms with Crippen LogP contribution in [0, 0.1) is 50.2 Å². The number of allylic oxidation sites excluding steroid dienone is 2. The molecule has 250 valence electrons. The first kappa shape index (κ1) is 31.9. The molecule has 8 rings (SSSR count). The molecule has 2 aromatic carbocycles. The van der Waals surface area contributed by atoms with Crippen molar-refractivity contribution in [3.8, 4) is 0 Å². The predicted octanol–water partition coefficient (Wildman–Crippen LogP) is 10.4. The minimum absolute atomic E-state index is 0.0405. The maximum absolute atomic E-state index is 14.8. The molecule has 0 radical (unpaired) electrons. The highest BCUT2D eigenvalue weighted by Gasteiger charge is 2.73. The molecule has 0 spiro atoms. The quantitative estimate of drug-likeness (QED) is 0.244. The summed E-state index contributed by atoms with van der Waals surface area (Å²) < 4.78 is 6.54. The van der Waals surface area contributed by atoms with Crippen LogP contribution in [0.15, 0.2) is 72.3 Å². The second-order valence-electron chi connectivity index (χ2n) is 18.5. The Morgan fingerprint density at radius 2 is 1.43 bits per heavy atom. The third-order valence-corrected chi connectivity index (χ3v) is 17.3. The van der Waals surface area contributed by atoms with E-state index in [1.54, 1.807) is 0 Å². The number of fused-ring (bicyclic) bond motifs is 8. The normalized spacial score (nSPS) is 44.6. The number of hydrogen-bond donors (Lipinski definition) is 0. The highest BCUT2D eigenvalue weighted by atomic mass is 32.2. The molecule has 4 heteroatoms. The number of ether oxygens (including phenoxy) is 1. The van der Waals surface area contributed by atoms with E-state index in [9.17, 15) is 9.59 Å². The van der Waals surface area contributed by atoms with Crippen LogP contribution in [0.4, 0.5) is 0 Å². The minimum Gasteiger partial charge on any atom is -0.452 e. The average molecular weight is 651 g/mol. The Hall–Kier alpha value is -2.33. The Morgan fingerprint density at radius 3 is 2.06 bits per heavy atom. The standard InChI is InChI=1S/C43H54O3S/c1-38(2)33-18-19-43(7)35(41(33,5)26-32-36(38)47-32)31(44)24-29-30-25-40(4,21-20-39(30,3)22-23-42(29,43)6)37(45)46-34(27-14-10-8-11-15-27)28-16-12-9-13-17-28/h8-17,24,30,32-36H,18-23,25-26H2,1-7H3/t30-,32-,33-,35+,36-,39+,40+,41-,42+,43+/m0/s1. The van der Waals surface area contributed by atoms with Gasteiger partial charge in [0, 0.05) is 16.4 Å². The minimum atomic E-state index is -0.610. The molecule has 3 nitrogen and oxygen atoms in total. The van der Waals surface area contributed by atoms with Gasteiger partial charge in [-0.05, 0) is 114 Å². The van der Waals surface area contributed by atoms with Crippen molar-refractivity contribution < 1.29 is 14.3 Å². The smallest absolute Gasteiger partial charge is 0.312 e. The monoisotopic (exact) mass is 650 g/mol. The molecule has 47 heavy (non-hydrogen) atoms. The number of rotatable bonds is 4. The number of ketones is 1. The fourth-order valence-electron chi connectivity index (χ4n) is 12.7. The Labute approximate surface area is 287 Å². The van der Waals surface area contributed by atoms with Crippen molar-refractivity contribution in [1.82, 2.24) is 0 Å².